The number of ether oxygens (including phenoxy) is 2. The Kier molecular flexibility index (Phi) is 7.22. The summed E-state index contributed by atoms with van der Waals surface area (Å²) < 4.78 is 10.8. The van der Waals surface area contributed by atoms with E-state index in [9.17, 15) is 9.59 Å². The van der Waals surface area contributed by atoms with Crippen molar-refractivity contribution in [2.75, 3.05) is 13.7 Å². The highest BCUT2D eigenvalue weighted by Gasteiger charge is 2.14. The molecule has 0 fully saturated rings. The number of carbonyl (C=O) groups is 2. The first-order valence-corrected chi connectivity index (χ1v) is 7.44. The van der Waals surface area contributed by atoms with Crippen LogP contribution in [0.15, 0.2) is 18.2 Å². The van der Waals surface area contributed by atoms with Gasteiger partial charge in [-0.2, -0.15) is 0 Å². The minimum atomic E-state index is -0.406. The largest absolute Gasteiger partial charge is 0.493 e. The van der Waals surface area contributed by atoms with Crippen molar-refractivity contribution in [3.8, 4) is 11.5 Å². The molecule has 0 radical (unpaired) electrons. The van der Waals surface area contributed by atoms with Crippen molar-refractivity contribution in [3.05, 3.63) is 23.8 Å². The van der Waals surface area contributed by atoms with Crippen LogP contribution in [0.5, 0.6) is 11.5 Å². The van der Waals surface area contributed by atoms with Crippen LogP contribution in [0.25, 0.3) is 0 Å². The Morgan fingerprint density at radius 3 is 2.50 bits per heavy atom. The van der Waals surface area contributed by atoms with Crippen LogP contribution < -0.4 is 20.3 Å². The molecule has 1 aromatic carbocycles. The van der Waals surface area contributed by atoms with E-state index in [0.29, 0.717) is 30.1 Å². The van der Waals surface area contributed by atoms with Gasteiger partial charge in [-0.15, -0.1) is 0 Å². The molecule has 0 aliphatic heterocycles. The van der Waals surface area contributed by atoms with Crippen LogP contribution in [-0.2, 0) is 4.79 Å². The molecule has 1 atom stereocenters. The molecule has 1 aromatic rings. The van der Waals surface area contributed by atoms with E-state index >= 15 is 0 Å². The zero-order valence-electron chi connectivity index (χ0n) is 13.6. The average Bonchev–Trinajstić information content (AvgIpc) is 2.56. The lowest BCUT2D eigenvalue weighted by Gasteiger charge is -2.13. The summed E-state index contributed by atoms with van der Waals surface area (Å²) >= 11 is 0. The van der Waals surface area contributed by atoms with Crippen molar-refractivity contribution in [1.82, 2.24) is 10.9 Å². The summed E-state index contributed by atoms with van der Waals surface area (Å²) in [6, 6.07) is 4.88. The highest BCUT2D eigenvalue weighted by atomic mass is 16.5. The minimum Gasteiger partial charge on any atom is -0.493 e. The SMILES string of the molecule is CCCOc1ccc(C(=O)NNC(=O)C(C)CC)cc1OC. The molecule has 0 aliphatic carbocycles. The number of hydrogen-bond acceptors (Lipinski definition) is 4. The van der Waals surface area contributed by atoms with Crippen LogP contribution in [0.4, 0.5) is 0 Å². The molecule has 6 nitrogen and oxygen atoms in total. The second kappa shape index (κ2) is 8.92. The lowest BCUT2D eigenvalue weighted by Crippen LogP contribution is -2.43. The number of amides is 2. The van der Waals surface area contributed by atoms with E-state index in [2.05, 4.69) is 10.9 Å². The Bertz CT molecular complexity index is 517. The van der Waals surface area contributed by atoms with Gasteiger partial charge in [0, 0.05) is 11.5 Å². The van der Waals surface area contributed by atoms with Crippen LogP contribution in [0.2, 0.25) is 0 Å². The van der Waals surface area contributed by atoms with Gasteiger partial charge in [0.2, 0.25) is 5.91 Å². The highest BCUT2D eigenvalue weighted by Crippen LogP contribution is 2.28. The van der Waals surface area contributed by atoms with Crippen molar-refractivity contribution in [1.29, 1.82) is 0 Å². The molecule has 1 rings (SSSR count). The number of hydrazine groups is 1. The monoisotopic (exact) mass is 308 g/mol. The van der Waals surface area contributed by atoms with Crippen molar-refractivity contribution in [2.45, 2.75) is 33.6 Å². The van der Waals surface area contributed by atoms with Gasteiger partial charge in [-0.05, 0) is 31.0 Å². The third-order valence-corrected chi connectivity index (χ3v) is 3.25. The Hall–Kier alpha value is -2.24. The first kappa shape index (κ1) is 17.8. The van der Waals surface area contributed by atoms with Crippen LogP contribution in [0, 0.1) is 5.92 Å². The van der Waals surface area contributed by atoms with Gasteiger partial charge in [-0.3, -0.25) is 20.4 Å². The molecule has 0 bridgehead atoms. The number of hydrogen-bond donors (Lipinski definition) is 2. The Morgan fingerprint density at radius 1 is 1.18 bits per heavy atom. The Morgan fingerprint density at radius 2 is 1.91 bits per heavy atom. The molecule has 1 unspecified atom stereocenters. The molecule has 22 heavy (non-hydrogen) atoms. The van der Waals surface area contributed by atoms with Crippen molar-refractivity contribution in [3.63, 3.8) is 0 Å². The summed E-state index contributed by atoms with van der Waals surface area (Å²) in [6.45, 7) is 6.29. The van der Waals surface area contributed by atoms with Gasteiger partial charge in [0.05, 0.1) is 13.7 Å². The zero-order valence-corrected chi connectivity index (χ0v) is 13.6. The normalized spacial score (nSPS) is 11.5. The maximum atomic E-state index is 12.0. The second-order valence-corrected chi connectivity index (χ2v) is 4.97. The molecular weight excluding hydrogens is 284 g/mol. The van der Waals surface area contributed by atoms with E-state index in [1.807, 2.05) is 13.8 Å². The molecule has 122 valence electrons. The van der Waals surface area contributed by atoms with E-state index in [4.69, 9.17) is 9.47 Å². The van der Waals surface area contributed by atoms with Crippen molar-refractivity contribution < 1.29 is 19.1 Å². The summed E-state index contributed by atoms with van der Waals surface area (Å²) in [5, 5.41) is 0. The molecule has 0 saturated carbocycles. The summed E-state index contributed by atoms with van der Waals surface area (Å²) in [5.41, 5.74) is 5.18. The number of carbonyl (C=O) groups excluding carboxylic acids is 2. The molecule has 0 saturated heterocycles. The lowest BCUT2D eigenvalue weighted by atomic mass is 10.1. The van der Waals surface area contributed by atoms with E-state index in [1.165, 1.54) is 7.11 Å². The Balaban J connectivity index is 2.71. The zero-order chi connectivity index (χ0) is 16.5. The van der Waals surface area contributed by atoms with Gasteiger partial charge in [0.1, 0.15) is 0 Å². The van der Waals surface area contributed by atoms with Gasteiger partial charge < -0.3 is 9.47 Å². The van der Waals surface area contributed by atoms with Crippen LogP contribution in [0.1, 0.15) is 44.0 Å². The molecule has 2 N–H and O–H groups in total. The van der Waals surface area contributed by atoms with Crippen LogP contribution in [0.3, 0.4) is 0 Å². The standard InChI is InChI=1S/C16H24N2O4/c1-5-9-22-13-8-7-12(10-14(13)21-4)16(20)18-17-15(19)11(3)6-2/h7-8,10-11H,5-6,9H2,1-4H3,(H,17,19)(H,18,20). The first-order valence-electron chi connectivity index (χ1n) is 7.44. The van der Waals surface area contributed by atoms with Gasteiger partial charge >= 0.3 is 0 Å². The molecule has 0 aromatic heterocycles. The fraction of sp³-hybridized carbons (Fsp3) is 0.500. The van der Waals surface area contributed by atoms with E-state index in [-0.39, 0.29) is 11.8 Å². The fourth-order valence-corrected chi connectivity index (χ4v) is 1.64. The lowest BCUT2D eigenvalue weighted by molar-refractivity contribution is -0.125. The topological polar surface area (TPSA) is 76.7 Å². The van der Waals surface area contributed by atoms with E-state index in [0.717, 1.165) is 6.42 Å². The van der Waals surface area contributed by atoms with Gasteiger partial charge in [-0.1, -0.05) is 20.8 Å². The molecular formula is C16H24N2O4. The fourth-order valence-electron chi connectivity index (χ4n) is 1.64. The average molecular weight is 308 g/mol. The number of nitrogens with one attached hydrogen (secondary N) is 2. The molecule has 0 aliphatic rings. The minimum absolute atomic E-state index is 0.153. The second-order valence-electron chi connectivity index (χ2n) is 4.97. The summed E-state index contributed by atoms with van der Waals surface area (Å²) in [6.07, 6.45) is 1.59. The van der Waals surface area contributed by atoms with Gasteiger partial charge in [0.15, 0.2) is 11.5 Å². The maximum absolute atomic E-state index is 12.0. The molecule has 6 heteroatoms. The predicted molar refractivity (Wildman–Crippen MR) is 83.8 cm³/mol. The maximum Gasteiger partial charge on any atom is 0.269 e. The molecule has 0 heterocycles. The number of rotatable bonds is 7. The number of benzene rings is 1. The predicted octanol–water partition coefficient (Wildman–Crippen LogP) is 2.29. The molecule has 2 amide bonds. The van der Waals surface area contributed by atoms with Gasteiger partial charge in [0.25, 0.3) is 5.91 Å². The van der Waals surface area contributed by atoms with Crippen LogP contribution in [-0.4, -0.2) is 25.5 Å². The summed E-state index contributed by atoms with van der Waals surface area (Å²) in [4.78, 5) is 23.7. The first-order chi connectivity index (χ1) is 10.5. The third kappa shape index (κ3) is 4.95. The van der Waals surface area contributed by atoms with Crippen molar-refractivity contribution in [2.24, 2.45) is 5.92 Å². The quantitative estimate of drug-likeness (QED) is 0.758. The smallest absolute Gasteiger partial charge is 0.269 e. The third-order valence-electron chi connectivity index (χ3n) is 3.25. The van der Waals surface area contributed by atoms with E-state index in [1.54, 1.807) is 25.1 Å². The summed E-state index contributed by atoms with van der Waals surface area (Å²) in [5.74, 6) is 0.293. The van der Waals surface area contributed by atoms with Crippen LogP contribution >= 0.6 is 0 Å². The summed E-state index contributed by atoms with van der Waals surface area (Å²) in [7, 11) is 1.51. The Labute approximate surface area is 131 Å². The number of methoxy groups -OCH3 is 1. The van der Waals surface area contributed by atoms with Crippen molar-refractivity contribution >= 4 is 11.8 Å². The van der Waals surface area contributed by atoms with E-state index < -0.39 is 5.91 Å². The molecule has 0 spiro atoms. The van der Waals surface area contributed by atoms with Gasteiger partial charge in [-0.25, -0.2) is 0 Å². The highest BCUT2D eigenvalue weighted by molar-refractivity contribution is 5.96.